The van der Waals surface area contributed by atoms with Gasteiger partial charge in [-0.05, 0) is 129 Å². The van der Waals surface area contributed by atoms with E-state index in [9.17, 15) is 24.6 Å². The topological polar surface area (TPSA) is 94.9 Å². The summed E-state index contributed by atoms with van der Waals surface area (Å²) in [6, 6.07) is 6.75. The number of anilines is 1. The van der Waals surface area contributed by atoms with Crippen molar-refractivity contribution in [2.75, 3.05) is 4.90 Å². The number of rotatable bonds is 3. The third kappa shape index (κ3) is 3.29. The van der Waals surface area contributed by atoms with Gasteiger partial charge in [-0.1, -0.05) is 27.2 Å². The van der Waals surface area contributed by atoms with E-state index >= 15 is 0 Å². The van der Waals surface area contributed by atoms with Gasteiger partial charge < -0.3 is 15.1 Å². The van der Waals surface area contributed by atoms with Gasteiger partial charge in [0.15, 0.2) is 0 Å². The van der Waals surface area contributed by atoms with Crippen LogP contribution in [-0.4, -0.2) is 33.6 Å². The van der Waals surface area contributed by atoms with Gasteiger partial charge in [0, 0.05) is 17.6 Å². The Bertz CT molecular complexity index is 1220. The Balaban J connectivity index is 1.35. The average Bonchev–Trinajstić information content (AvgIpc) is 3.30. The highest BCUT2D eigenvalue weighted by Gasteiger charge is 2.71. The minimum Gasteiger partial charge on any atom is -0.481 e. The molecule has 6 unspecified atom stereocenters. The van der Waals surface area contributed by atoms with Gasteiger partial charge in [0.1, 0.15) is 0 Å². The van der Waals surface area contributed by atoms with Gasteiger partial charge in [0.05, 0.1) is 11.0 Å². The van der Waals surface area contributed by atoms with Crippen LogP contribution in [-0.2, 0) is 9.59 Å². The van der Waals surface area contributed by atoms with E-state index in [1.165, 1.54) is 0 Å². The molecule has 5 aliphatic rings. The first-order valence-corrected chi connectivity index (χ1v) is 15.1. The highest BCUT2D eigenvalue weighted by molar-refractivity contribution is 5.97. The van der Waals surface area contributed by atoms with Crippen molar-refractivity contribution in [3.63, 3.8) is 0 Å². The number of aromatic carboxylic acids is 1. The van der Waals surface area contributed by atoms with Crippen LogP contribution in [0.2, 0.25) is 0 Å². The first-order valence-electron chi connectivity index (χ1n) is 15.1. The summed E-state index contributed by atoms with van der Waals surface area (Å²) in [6.07, 6.45) is 9.52. The molecule has 8 atom stereocenters. The molecule has 1 aliphatic heterocycles. The molecule has 1 aromatic rings. The quantitative estimate of drug-likeness (QED) is 0.434. The predicted octanol–water partition coefficient (Wildman–Crippen LogP) is 7.02. The number of carbonyl (C=O) groups is 3. The van der Waals surface area contributed by atoms with E-state index in [2.05, 4.69) is 34.6 Å². The Morgan fingerprint density at radius 3 is 2.13 bits per heavy atom. The van der Waals surface area contributed by atoms with Crippen molar-refractivity contribution in [3.8, 4) is 0 Å². The molecule has 1 aromatic carbocycles. The molecule has 1 saturated heterocycles. The van der Waals surface area contributed by atoms with Crippen LogP contribution in [0.1, 0.15) is 109 Å². The summed E-state index contributed by atoms with van der Waals surface area (Å²) in [5, 5.41) is 19.7. The molecule has 0 spiro atoms. The molecular formula is C33H45NO5. The lowest BCUT2D eigenvalue weighted by Gasteiger charge is -2.72. The Hall–Kier alpha value is -2.37. The van der Waals surface area contributed by atoms with Crippen LogP contribution >= 0.6 is 0 Å². The van der Waals surface area contributed by atoms with Crippen LogP contribution in [0, 0.1) is 45.3 Å². The maximum atomic E-state index is 14.0. The zero-order chi connectivity index (χ0) is 28.2. The van der Waals surface area contributed by atoms with Gasteiger partial charge in [-0.15, -0.1) is 0 Å². The Labute approximate surface area is 232 Å². The number of benzene rings is 1. The van der Waals surface area contributed by atoms with Crippen molar-refractivity contribution in [1.29, 1.82) is 0 Å². The van der Waals surface area contributed by atoms with Crippen LogP contribution < -0.4 is 4.90 Å². The fraction of sp³-hybridized carbons (Fsp3) is 0.727. The van der Waals surface area contributed by atoms with E-state index in [-0.39, 0.29) is 33.6 Å². The standard InChI is InChI=1S/C33H45NO5/c1-29(2)24-14-16-32(5)25(13-12-22-23-7-6-15-33(23,28(38)39)18-17-31(22,32)4)30(24,3)19-26(35)34(29)21-10-8-20(9-11-21)27(36)37/h8-11,22-25H,6-7,12-19H2,1-5H3,(H,36,37)(H,38,39)/t22?,23-,24?,25?,30?,31-,32?,33?/m1/s1. The minimum atomic E-state index is -0.963. The van der Waals surface area contributed by atoms with Crippen molar-refractivity contribution in [2.24, 2.45) is 45.3 Å². The minimum absolute atomic E-state index is 0.0795. The molecule has 0 aromatic heterocycles. The number of nitrogens with zero attached hydrogens (tertiary/aromatic N) is 1. The zero-order valence-corrected chi connectivity index (χ0v) is 24.3. The van der Waals surface area contributed by atoms with E-state index in [0.717, 1.165) is 63.5 Å². The van der Waals surface area contributed by atoms with E-state index in [0.29, 0.717) is 24.2 Å². The number of carboxylic acids is 2. The first-order chi connectivity index (χ1) is 18.2. The summed E-state index contributed by atoms with van der Waals surface area (Å²) in [5.41, 5.74) is 0.129. The van der Waals surface area contributed by atoms with E-state index in [1.54, 1.807) is 24.3 Å². The fourth-order valence-electron chi connectivity index (χ4n) is 11.8. The number of fused-ring (bicyclic) bond motifs is 7. The van der Waals surface area contributed by atoms with Crippen molar-refractivity contribution in [1.82, 2.24) is 0 Å². The third-order valence-corrected chi connectivity index (χ3v) is 13.6. The normalized spacial score (nSPS) is 44.5. The SMILES string of the molecule is CC12CC(=O)N(c3ccc(C(=O)O)cc3)C(C)(C)C1CCC1(C)C2CCC2[C@H]3CCCC3(C(=O)O)CC[C@]21C. The number of carbonyl (C=O) groups excluding carboxylic acids is 1. The summed E-state index contributed by atoms with van der Waals surface area (Å²) in [7, 11) is 0. The first kappa shape index (κ1) is 26.8. The summed E-state index contributed by atoms with van der Waals surface area (Å²) in [6.45, 7) is 11.8. The maximum Gasteiger partial charge on any atom is 0.335 e. The van der Waals surface area contributed by atoms with Crippen molar-refractivity contribution in [3.05, 3.63) is 29.8 Å². The summed E-state index contributed by atoms with van der Waals surface area (Å²) in [5.74, 6) is 0.0778. The van der Waals surface area contributed by atoms with Gasteiger partial charge in [-0.3, -0.25) is 9.59 Å². The Morgan fingerprint density at radius 2 is 1.49 bits per heavy atom. The van der Waals surface area contributed by atoms with E-state index < -0.39 is 22.9 Å². The summed E-state index contributed by atoms with van der Waals surface area (Å²) >= 11 is 0. The van der Waals surface area contributed by atoms with Crippen molar-refractivity contribution in [2.45, 2.75) is 104 Å². The number of hydrogen-bond donors (Lipinski definition) is 2. The number of carboxylic acid groups (broad SMARTS) is 2. The highest BCUT2D eigenvalue weighted by atomic mass is 16.4. The second-order valence-corrected chi connectivity index (χ2v) is 15.0. The van der Waals surface area contributed by atoms with Gasteiger partial charge in [0.25, 0.3) is 0 Å². The molecular weight excluding hydrogens is 490 g/mol. The second-order valence-electron chi connectivity index (χ2n) is 15.0. The third-order valence-electron chi connectivity index (χ3n) is 13.6. The van der Waals surface area contributed by atoms with Gasteiger partial charge in [-0.2, -0.15) is 0 Å². The Morgan fingerprint density at radius 1 is 0.795 bits per heavy atom. The van der Waals surface area contributed by atoms with Crippen LogP contribution in [0.3, 0.4) is 0 Å². The lowest BCUT2D eigenvalue weighted by Crippen LogP contribution is -2.70. The average molecular weight is 536 g/mol. The number of amides is 1. The number of piperidine rings is 1. The van der Waals surface area contributed by atoms with E-state index in [4.69, 9.17) is 0 Å². The fourth-order valence-corrected chi connectivity index (χ4v) is 11.8. The molecule has 212 valence electrons. The van der Waals surface area contributed by atoms with Crippen molar-refractivity contribution >= 4 is 23.5 Å². The lowest BCUT2D eigenvalue weighted by molar-refractivity contribution is -0.227. The summed E-state index contributed by atoms with van der Waals surface area (Å²) < 4.78 is 0. The predicted molar refractivity (Wildman–Crippen MR) is 149 cm³/mol. The summed E-state index contributed by atoms with van der Waals surface area (Å²) in [4.78, 5) is 40.0. The molecule has 1 heterocycles. The molecule has 5 fully saturated rings. The van der Waals surface area contributed by atoms with Crippen LogP contribution in [0.5, 0.6) is 0 Å². The second kappa shape index (κ2) is 8.33. The molecule has 1 amide bonds. The molecule has 4 aliphatic carbocycles. The van der Waals surface area contributed by atoms with Crippen LogP contribution in [0.15, 0.2) is 24.3 Å². The lowest BCUT2D eigenvalue weighted by atomic mass is 9.33. The van der Waals surface area contributed by atoms with E-state index in [1.807, 2.05) is 4.90 Å². The molecule has 4 saturated carbocycles. The zero-order valence-electron chi connectivity index (χ0n) is 24.3. The molecule has 2 N–H and O–H groups in total. The smallest absolute Gasteiger partial charge is 0.335 e. The number of hydrogen-bond acceptors (Lipinski definition) is 3. The number of aliphatic carboxylic acids is 1. The molecule has 6 heteroatoms. The maximum absolute atomic E-state index is 14.0. The molecule has 0 radical (unpaired) electrons. The molecule has 6 nitrogen and oxygen atoms in total. The van der Waals surface area contributed by atoms with Crippen molar-refractivity contribution < 1.29 is 24.6 Å². The van der Waals surface area contributed by atoms with Crippen LogP contribution in [0.4, 0.5) is 5.69 Å². The largest absolute Gasteiger partial charge is 0.481 e. The Kier molecular flexibility index (Phi) is 5.73. The van der Waals surface area contributed by atoms with Gasteiger partial charge in [0.2, 0.25) is 5.91 Å². The van der Waals surface area contributed by atoms with Gasteiger partial charge >= 0.3 is 11.9 Å². The molecule has 0 bridgehead atoms. The van der Waals surface area contributed by atoms with Gasteiger partial charge in [-0.25, -0.2) is 4.79 Å². The monoisotopic (exact) mass is 535 g/mol. The van der Waals surface area contributed by atoms with Crippen LogP contribution in [0.25, 0.3) is 0 Å². The molecule has 39 heavy (non-hydrogen) atoms. The highest BCUT2D eigenvalue weighted by Crippen LogP contribution is 2.76. The molecule has 6 rings (SSSR count).